The van der Waals surface area contributed by atoms with Crippen molar-refractivity contribution in [1.29, 1.82) is 0 Å². The van der Waals surface area contributed by atoms with E-state index < -0.39 is 35.5 Å². The number of nitrogens with one attached hydrogen (secondary N) is 3. The number of carbonyl (C=O) groups excluding carboxylic acids is 6. The molecular formula is C53H59FN12O6. The standard InChI is InChI=1S/C53H59FN12O6/c54-42-29-40-41(53(72)66(52(40)71)43-10-11-45(67)60-50(43)69)30-44(42)63-20-15-35(16-21-63)51(70)64-18-13-33(14-19-64)12-17-61-22-24-62(25-23-61)38-8-6-36(7-9-38)59-48-47-49(56-31-55-48)65(32-57-47)39-27-37(28-39)58-46(68)26-34-4-2-1-3-5-34/h1-9,29-33,35,37,39,43H,10-28H2,(H,58,68)(H,55,56,59)(H,60,67,69)/t37?,39?,43-/m0/s1. The van der Waals surface area contributed by atoms with Gasteiger partial charge >= 0.3 is 0 Å². The summed E-state index contributed by atoms with van der Waals surface area (Å²) >= 11 is 0. The molecule has 1 saturated carbocycles. The van der Waals surface area contributed by atoms with E-state index in [1.165, 1.54) is 11.8 Å². The SMILES string of the molecule is O=C1CC[C@H](N2C(=O)c3cc(F)c(N4CCC(C(=O)N5CCC(CCN6CCN(c7ccc(Nc8ncnc9c8ncn9C8CC(NC(=O)Cc9ccccc9)C8)cc7)CC6)CC5)CC4)cc3C2=O)C(=O)N1. The van der Waals surface area contributed by atoms with Gasteiger partial charge in [0.15, 0.2) is 17.0 Å². The molecule has 0 radical (unpaired) electrons. The molecule has 2 aromatic heterocycles. The van der Waals surface area contributed by atoms with Gasteiger partial charge in [0.1, 0.15) is 18.2 Å². The molecule has 5 fully saturated rings. The average Bonchev–Trinajstić information content (AvgIpc) is 3.92. The lowest BCUT2D eigenvalue weighted by Gasteiger charge is -2.39. The van der Waals surface area contributed by atoms with Crippen LogP contribution < -0.4 is 25.8 Å². The van der Waals surface area contributed by atoms with E-state index in [4.69, 9.17) is 0 Å². The van der Waals surface area contributed by atoms with E-state index in [0.717, 1.165) is 106 Å². The van der Waals surface area contributed by atoms with Crippen molar-refractivity contribution < 1.29 is 33.2 Å². The van der Waals surface area contributed by atoms with E-state index in [1.54, 1.807) is 6.33 Å². The summed E-state index contributed by atoms with van der Waals surface area (Å²) in [5, 5.41) is 8.80. The van der Waals surface area contributed by atoms with Gasteiger partial charge in [0.05, 0.1) is 29.6 Å². The largest absolute Gasteiger partial charge is 0.369 e. The molecule has 6 amide bonds. The number of amides is 6. The third-order valence-corrected chi connectivity index (χ3v) is 15.8. The Morgan fingerprint density at radius 3 is 2.21 bits per heavy atom. The molecule has 0 bridgehead atoms. The monoisotopic (exact) mass is 978 g/mol. The number of aromatic nitrogens is 4. The summed E-state index contributed by atoms with van der Waals surface area (Å²) in [4.78, 5) is 100. The van der Waals surface area contributed by atoms with Gasteiger partial charge in [-0.3, -0.25) is 43.9 Å². The first-order valence-electron chi connectivity index (χ1n) is 25.5. The second-order valence-electron chi connectivity index (χ2n) is 20.2. The molecule has 7 heterocycles. The summed E-state index contributed by atoms with van der Waals surface area (Å²) < 4.78 is 17.6. The lowest BCUT2D eigenvalue weighted by molar-refractivity contribution is -0.138. The molecule has 5 aliphatic heterocycles. The van der Waals surface area contributed by atoms with E-state index in [1.807, 2.05) is 46.5 Å². The maximum atomic E-state index is 15.5. The number of carbonyl (C=O) groups is 6. The first-order chi connectivity index (χ1) is 35.0. The van der Waals surface area contributed by atoms with Crippen LogP contribution in [0.15, 0.2) is 79.4 Å². The van der Waals surface area contributed by atoms with Crippen LogP contribution in [0.5, 0.6) is 0 Å². The van der Waals surface area contributed by atoms with Crippen molar-refractivity contribution >= 4 is 69.5 Å². The molecule has 6 aliphatic rings. The quantitative estimate of drug-likeness (QED) is 0.136. The minimum Gasteiger partial charge on any atom is -0.369 e. The first-order valence-corrected chi connectivity index (χ1v) is 25.5. The van der Waals surface area contributed by atoms with Crippen LogP contribution in [0, 0.1) is 17.7 Å². The molecule has 3 N–H and O–H groups in total. The number of piperazine rings is 1. The van der Waals surface area contributed by atoms with Gasteiger partial charge in [-0.2, -0.15) is 0 Å². The Hall–Kier alpha value is -7.28. The summed E-state index contributed by atoms with van der Waals surface area (Å²) in [6, 6.07) is 19.9. The van der Waals surface area contributed by atoms with Crippen molar-refractivity contribution in [1.82, 2.24) is 44.9 Å². The number of benzene rings is 3. The molecule has 72 heavy (non-hydrogen) atoms. The van der Waals surface area contributed by atoms with Crippen molar-refractivity contribution in [2.24, 2.45) is 11.8 Å². The third kappa shape index (κ3) is 9.60. The summed E-state index contributed by atoms with van der Waals surface area (Å²) in [6.45, 7) is 7.26. The number of halogens is 1. The number of fused-ring (bicyclic) bond motifs is 2. The van der Waals surface area contributed by atoms with Crippen LogP contribution in [0.1, 0.15) is 90.1 Å². The number of imide groups is 2. The Labute approximate surface area is 416 Å². The number of likely N-dealkylation sites (tertiary alicyclic amines) is 1. The first kappa shape index (κ1) is 47.1. The van der Waals surface area contributed by atoms with Gasteiger partial charge in [0.2, 0.25) is 23.6 Å². The molecule has 3 aromatic carbocycles. The Kier molecular flexibility index (Phi) is 13.1. The molecule has 18 nitrogen and oxygen atoms in total. The van der Waals surface area contributed by atoms with Gasteiger partial charge < -0.3 is 29.9 Å². The topological polar surface area (TPSA) is 198 Å². The second-order valence-corrected chi connectivity index (χ2v) is 20.2. The van der Waals surface area contributed by atoms with Crippen molar-refractivity contribution in [2.45, 2.75) is 82.3 Å². The smallest absolute Gasteiger partial charge is 0.262 e. The maximum Gasteiger partial charge on any atom is 0.262 e. The number of imidazole rings is 1. The van der Waals surface area contributed by atoms with Crippen molar-refractivity contribution in [2.75, 3.05) is 74.0 Å². The lowest BCUT2D eigenvalue weighted by atomic mass is 9.86. The van der Waals surface area contributed by atoms with Crippen LogP contribution in [0.4, 0.5) is 27.3 Å². The fourth-order valence-electron chi connectivity index (χ4n) is 11.5. The van der Waals surface area contributed by atoms with Gasteiger partial charge in [-0.05, 0) is 106 Å². The Morgan fingerprint density at radius 1 is 0.764 bits per heavy atom. The Balaban J connectivity index is 0.591. The lowest BCUT2D eigenvalue weighted by Crippen LogP contribution is -2.54. The number of rotatable bonds is 13. The fourth-order valence-corrected chi connectivity index (χ4v) is 11.5. The molecule has 1 atom stereocenters. The highest BCUT2D eigenvalue weighted by Crippen LogP contribution is 2.37. The van der Waals surface area contributed by atoms with Gasteiger partial charge in [0, 0.05) is 88.2 Å². The van der Waals surface area contributed by atoms with Gasteiger partial charge in [0.25, 0.3) is 11.8 Å². The summed E-state index contributed by atoms with van der Waals surface area (Å²) in [5.74, 6) is -1.97. The molecule has 0 unspecified atom stereocenters. The molecule has 4 saturated heterocycles. The number of piperidine rings is 3. The minimum atomic E-state index is -1.12. The summed E-state index contributed by atoms with van der Waals surface area (Å²) in [7, 11) is 0. The Morgan fingerprint density at radius 2 is 1.49 bits per heavy atom. The van der Waals surface area contributed by atoms with E-state index >= 15 is 4.39 Å². The molecule has 1 aliphatic carbocycles. The van der Waals surface area contributed by atoms with Gasteiger partial charge in [-0.1, -0.05) is 30.3 Å². The Bertz CT molecular complexity index is 2890. The molecule has 374 valence electrons. The predicted octanol–water partition coefficient (Wildman–Crippen LogP) is 4.84. The summed E-state index contributed by atoms with van der Waals surface area (Å²) in [6.07, 6.45) is 9.63. The number of hydrogen-bond donors (Lipinski definition) is 3. The predicted molar refractivity (Wildman–Crippen MR) is 266 cm³/mol. The summed E-state index contributed by atoms with van der Waals surface area (Å²) in [5.41, 5.74) is 4.73. The fraction of sp³-hybridized carbons (Fsp3) is 0.453. The second kappa shape index (κ2) is 20.1. The van der Waals surface area contributed by atoms with Crippen molar-refractivity contribution in [3.63, 3.8) is 0 Å². The third-order valence-electron chi connectivity index (χ3n) is 15.8. The highest BCUT2D eigenvalue weighted by atomic mass is 19.1. The van der Waals surface area contributed by atoms with Crippen LogP contribution in [0.2, 0.25) is 0 Å². The zero-order chi connectivity index (χ0) is 49.5. The van der Waals surface area contributed by atoms with Crippen LogP contribution in [-0.4, -0.2) is 141 Å². The van der Waals surface area contributed by atoms with Crippen LogP contribution in [0.25, 0.3) is 11.2 Å². The van der Waals surface area contributed by atoms with Crippen molar-refractivity contribution in [3.8, 4) is 0 Å². The van der Waals surface area contributed by atoms with Crippen LogP contribution in [-0.2, 0) is 25.6 Å². The molecule has 5 aromatic rings. The molecule has 11 rings (SSSR count). The van der Waals surface area contributed by atoms with E-state index in [9.17, 15) is 28.8 Å². The normalized spacial score (nSPS) is 22.3. The zero-order valence-electron chi connectivity index (χ0n) is 40.2. The number of nitrogens with zero attached hydrogens (tertiary/aromatic N) is 9. The van der Waals surface area contributed by atoms with Crippen molar-refractivity contribution in [3.05, 3.63) is 102 Å². The number of anilines is 4. The maximum absolute atomic E-state index is 15.5. The molecule has 19 heteroatoms. The zero-order valence-corrected chi connectivity index (χ0v) is 40.2. The van der Waals surface area contributed by atoms with Crippen LogP contribution >= 0.6 is 0 Å². The van der Waals surface area contributed by atoms with Gasteiger partial charge in [-0.15, -0.1) is 0 Å². The molecule has 0 spiro atoms. The highest BCUT2D eigenvalue weighted by Gasteiger charge is 2.46. The molecular weight excluding hydrogens is 920 g/mol. The number of hydrogen-bond acceptors (Lipinski definition) is 13. The highest BCUT2D eigenvalue weighted by molar-refractivity contribution is 6.23. The van der Waals surface area contributed by atoms with Gasteiger partial charge in [-0.25, -0.2) is 19.3 Å². The van der Waals surface area contributed by atoms with E-state index in [-0.39, 0.29) is 59.5 Å². The van der Waals surface area contributed by atoms with E-state index in [2.05, 4.69) is 69.5 Å². The van der Waals surface area contributed by atoms with E-state index in [0.29, 0.717) is 49.6 Å². The average molecular weight is 979 g/mol. The minimum absolute atomic E-state index is 0.00307. The van der Waals surface area contributed by atoms with Crippen LogP contribution in [0.3, 0.4) is 0 Å².